The molecule has 0 saturated carbocycles. The Labute approximate surface area is 157 Å². The Morgan fingerprint density at radius 2 is 2.23 bits per heavy atom. The summed E-state index contributed by atoms with van der Waals surface area (Å²) in [5.41, 5.74) is 0.684. The van der Waals surface area contributed by atoms with E-state index in [-0.39, 0.29) is 16.7 Å². The zero-order valence-corrected chi connectivity index (χ0v) is 15.0. The third-order valence-corrected chi connectivity index (χ3v) is 4.34. The molecular weight excluding hydrogens is 380 g/mol. The standard InChI is InChI=1S/C17H13ClN2O5S/c1-23-13-8-10(4-5-12(13)24-9-15(21)22)7-11(18)17-19-16(20-25-17)14-3-2-6-26-14/h2-8H,9H2,1H3,(H,21,22)/p-1/b11-7-. The van der Waals surface area contributed by atoms with Gasteiger partial charge in [0.05, 0.1) is 18.0 Å². The molecule has 26 heavy (non-hydrogen) atoms. The number of nitrogens with zero attached hydrogens (tertiary/aromatic N) is 2. The van der Waals surface area contributed by atoms with E-state index in [0.717, 1.165) is 4.88 Å². The summed E-state index contributed by atoms with van der Waals surface area (Å²) in [5, 5.41) is 16.6. The van der Waals surface area contributed by atoms with Crippen LogP contribution in [0.15, 0.2) is 40.2 Å². The van der Waals surface area contributed by atoms with Gasteiger partial charge in [0, 0.05) is 0 Å². The van der Waals surface area contributed by atoms with Crippen LogP contribution in [0.25, 0.3) is 21.8 Å². The molecule has 2 aromatic heterocycles. The maximum Gasteiger partial charge on any atom is 0.269 e. The molecule has 134 valence electrons. The van der Waals surface area contributed by atoms with Gasteiger partial charge in [-0.05, 0) is 35.2 Å². The third-order valence-electron chi connectivity index (χ3n) is 3.20. The maximum atomic E-state index is 10.5. The van der Waals surface area contributed by atoms with E-state index in [1.165, 1.54) is 18.4 Å². The number of ether oxygens (including phenoxy) is 2. The molecule has 0 aliphatic carbocycles. The number of carboxylic acid groups (broad SMARTS) is 1. The van der Waals surface area contributed by atoms with E-state index in [1.807, 2.05) is 17.5 Å². The summed E-state index contributed by atoms with van der Waals surface area (Å²) in [6.45, 7) is -0.570. The summed E-state index contributed by atoms with van der Waals surface area (Å²) in [7, 11) is 1.45. The predicted molar refractivity (Wildman–Crippen MR) is 94.8 cm³/mol. The molecule has 0 bridgehead atoms. The summed E-state index contributed by atoms with van der Waals surface area (Å²) in [6.07, 6.45) is 1.62. The van der Waals surface area contributed by atoms with E-state index < -0.39 is 12.6 Å². The fourth-order valence-corrected chi connectivity index (χ4v) is 2.92. The lowest BCUT2D eigenvalue weighted by atomic mass is 10.2. The lowest BCUT2D eigenvalue weighted by Crippen LogP contribution is -2.29. The molecule has 0 amide bonds. The van der Waals surface area contributed by atoms with Crippen molar-refractivity contribution >= 4 is 40.0 Å². The number of carbonyl (C=O) groups is 1. The first-order valence-electron chi connectivity index (χ1n) is 7.32. The molecular formula is C17H12ClN2O5S-. The van der Waals surface area contributed by atoms with Gasteiger partial charge in [-0.1, -0.05) is 28.9 Å². The van der Waals surface area contributed by atoms with E-state index in [1.54, 1.807) is 24.3 Å². The Hall–Kier alpha value is -2.84. The minimum atomic E-state index is -1.32. The molecule has 2 heterocycles. The second-order valence-electron chi connectivity index (χ2n) is 4.96. The molecule has 0 aliphatic heterocycles. The van der Waals surface area contributed by atoms with Crippen molar-refractivity contribution in [1.82, 2.24) is 10.1 Å². The number of methoxy groups -OCH3 is 1. The topological polar surface area (TPSA) is 97.5 Å². The third kappa shape index (κ3) is 4.22. The summed E-state index contributed by atoms with van der Waals surface area (Å²) in [6, 6.07) is 8.68. The minimum absolute atomic E-state index is 0.186. The zero-order chi connectivity index (χ0) is 18.5. The van der Waals surface area contributed by atoms with Crippen LogP contribution < -0.4 is 14.6 Å². The number of rotatable bonds is 7. The second-order valence-corrected chi connectivity index (χ2v) is 6.32. The largest absolute Gasteiger partial charge is 0.546 e. The quantitative estimate of drug-likeness (QED) is 0.610. The smallest absolute Gasteiger partial charge is 0.269 e. The van der Waals surface area contributed by atoms with Crippen LogP contribution in [0.5, 0.6) is 11.5 Å². The SMILES string of the molecule is COc1cc(/C=C(\Cl)c2nc(-c3cccs3)no2)ccc1OCC(=O)[O-]. The normalized spacial score (nSPS) is 11.4. The van der Waals surface area contributed by atoms with Gasteiger partial charge in [0.15, 0.2) is 11.5 Å². The molecule has 0 radical (unpaired) electrons. The van der Waals surface area contributed by atoms with E-state index in [4.69, 9.17) is 25.6 Å². The number of aromatic nitrogens is 2. The number of hydrogen-bond acceptors (Lipinski definition) is 8. The number of hydrogen-bond donors (Lipinski definition) is 0. The molecule has 0 aliphatic rings. The maximum absolute atomic E-state index is 10.5. The molecule has 0 N–H and O–H groups in total. The first-order valence-corrected chi connectivity index (χ1v) is 8.58. The Bertz CT molecular complexity index is 937. The highest BCUT2D eigenvalue weighted by Gasteiger charge is 2.13. The van der Waals surface area contributed by atoms with E-state index in [9.17, 15) is 9.90 Å². The predicted octanol–water partition coefficient (Wildman–Crippen LogP) is 2.67. The highest BCUT2D eigenvalue weighted by Crippen LogP contribution is 2.31. The molecule has 3 aromatic rings. The Balaban J connectivity index is 1.81. The summed E-state index contributed by atoms with van der Waals surface area (Å²) in [5.74, 6) is -0.0366. The molecule has 9 heteroatoms. The molecule has 7 nitrogen and oxygen atoms in total. The van der Waals surface area contributed by atoms with Gasteiger partial charge in [0.1, 0.15) is 11.6 Å². The van der Waals surface area contributed by atoms with Crippen molar-refractivity contribution in [2.24, 2.45) is 0 Å². The van der Waals surface area contributed by atoms with Crippen LogP contribution >= 0.6 is 22.9 Å². The summed E-state index contributed by atoms with van der Waals surface area (Å²) >= 11 is 7.76. The fraction of sp³-hybridized carbons (Fsp3) is 0.118. The molecule has 0 fully saturated rings. The average Bonchev–Trinajstić information content (AvgIpc) is 3.31. The van der Waals surface area contributed by atoms with Crippen molar-refractivity contribution in [1.29, 1.82) is 0 Å². The van der Waals surface area contributed by atoms with Gasteiger partial charge in [-0.15, -0.1) is 11.3 Å². The molecule has 0 atom stereocenters. The van der Waals surface area contributed by atoms with Gasteiger partial charge in [0.25, 0.3) is 5.89 Å². The molecule has 1 aromatic carbocycles. The fourth-order valence-electron chi connectivity index (χ4n) is 2.06. The molecule has 3 rings (SSSR count). The Morgan fingerprint density at radius 1 is 1.38 bits per heavy atom. The highest BCUT2D eigenvalue weighted by molar-refractivity contribution is 7.13. The van der Waals surface area contributed by atoms with Crippen molar-refractivity contribution in [3.63, 3.8) is 0 Å². The minimum Gasteiger partial charge on any atom is -0.546 e. The van der Waals surface area contributed by atoms with Crippen molar-refractivity contribution in [3.05, 3.63) is 47.2 Å². The van der Waals surface area contributed by atoms with Crippen LogP contribution in [-0.2, 0) is 4.79 Å². The van der Waals surface area contributed by atoms with Gasteiger partial charge < -0.3 is 23.9 Å². The lowest BCUT2D eigenvalue weighted by Gasteiger charge is -2.11. The van der Waals surface area contributed by atoms with Crippen molar-refractivity contribution in [2.75, 3.05) is 13.7 Å². The number of carbonyl (C=O) groups excluding carboxylic acids is 1. The second kappa shape index (κ2) is 8.03. The van der Waals surface area contributed by atoms with Gasteiger partial charge in [0.2, 0.25) is 5.82 Å². The number of thiophene rings is 1. The monoisotopic (exact) mass is 391 g/mol. The molecule has 0 spiro atoms. The number of halogens is 1. The number of aliphatic carboxylic acids is 1. The van der Waals surface area contributed by atoms with Crippen LogP contribution in [0.3, 0.4) is 0 Å². The Morgan fingerprint density at radius 3 is 2.92 bits per heavy atom. The number of benzene rings is 1. The van der Waals surface area contributed by atoms with E-state index in [2.05, 4.69) is 10.1 Å². The van der Waals surface area contributed by atoms with Crippen molar-refractivity contribution in [2.45, 2.75) is 0 Å². The van der Waals surface area contributed by atoms with Crippen LogP contribution in [-0.4, -0.2) is 29.8 Å². The number of carboxylic acids is 1. The lowest BCUT2D eigenvalue weighted by molar-refractivity contribution is -0.307. The van der Waals surface area contributed by atoms with E-state index in [0.29, 0.717) is 17.1 Å². The van der Waals surface area contributed by atoms with Gasteiger partial charge in [-0.3, -0.25) is 0 Å². The zero-order valence-electron chi connectivity index (χ0n) is 13.5. The summed E-state index contributed by atoms with van der Waals surface area (Å²) < 4.78 is 15.5. The van der Waals surface area contributed by atoms with Gasteiger partial charge in [-0.2, -0.15) is 4.98 Å². The average molecular weight is 392 g/mol. The van der Waals surface area contributed by atoms with Crippen LogP contribution in [0.2, 0.25) is 0 Å². The van der Waals surface area contributed by atoms with Crippen LogP contribution in [0.1, 0.15) is 11.5 Å². The van der Waals surface area contributed by atoms with Crippen molar-refractivity contribution < 1.29 is 23.9 Å². The first kappa shape index (κ1) is 18.0. The van der Waals surface area contributed by atoms with Crippen LogP contribution in [0.4, 0.5) is 0 Å². The first-order chi connectivity index (χ1) is 12.6. The van der Waals surface area contributed by atoms with Gasteiger partial charge >= 0.3 is 0 Å². The van der Waals surface area contributed by atoms with Crippen molar-refractivity contribution in [3.8, 4) is 22.2 Å². The summed E-state index contributed by atoms with van der Waals surface area (Å²) in [4.78, 5) is 15.6. The Kier molecular flexibility index (Phi) is 5.55. The highest BCUT2D eigenvalue weighted by atomic mass is 35.5. The van der Waals surface area contributed by atoms with E-state index >= 15 is 0 Å². The molecule has 0 saturated heterocycles. The van der Waals surface area contributed by atoms with Crippen LogP contribution in [0, 0.1) is 0 Å². The molecule has 0 unspecified atom stereocenters. The van der Waals surface area contributed by atoms with Gasteiger partial charge in [-0.25, -0.2) is 0 Å².